The highest BCUT2D eigenvalue weighted by Gasteiger charge is 2.39. The number of aromatic nitrogens is 3. The molecule has 1 fully saturated rings. The minimum absolute atomic E-state index is 0.0393. The molecule has 3 heterocycles. The van der Waals surface area contributed by atoms with Crippen LogP contribution in [0, 0.1) is 5.82 Å². The molecular weight excluding hydrogens is 547 g/mol. The molecule has 40 heavy (non-hydrogen) atoms. The van der Waals surface area contributed by atoms with Crippen molar-refractivity contribution in [3.8, 4) is 11.3 Å². The van der Waals surface area contributed by atoms with Gasteiger partial charge < -0.3 is 19.0 Å². The van der Waals surface area contributed by atoms with E-state index in [-0.39, 0.29) is 27.8 Å². The maximum absolute atomic E-state index is 14.5. The van der Waals surface area contributed by atoms with E-state index in [1.54, 1.807) is 35.2 Å². The predicted molar refractivity (Wildman–Crippen MR) is 161 cm³/mol. The zero-order chi connectivity index (χ0) is 29.1. The van der Waals surface area contributed by atoms with Gasteiger partial charge in [-0.2, -0.15) is 0 Å². The van der Waals surface area contributed by atoms with E-state index in [0.29, 0.717) is 42.4 Å². The number of rotatable bonds is 9. The lowest BCUT2D eigenvalue weighted by Crippen LogP contribution is -2.44. The molecule has 1 N–H and O–H groups in total. The van der Waals surface area contributed by atoms with E-state index in [1.165, 1.54) is 12.1 Å². The molecule has 2 aromatic heterocycles. The summed E-state index contributed by atoms with van der Waals surface area (Å²) >= 11 is 5.98. The number of hydrogen-bond donors (Lipinski definition) is 1. The van der Waals surface area contributed by atoms with Crippen LogP contribution in [0.3, 0.4) is 0 Å². The second-order valence-electron chi connectivity index (χ2n) is 12.1. The molecule has 1 saturated heterocycles. The fraction of sp³-hybridized carbons (Fsp3) is 0.500. The third-order valence-corrected chi connectivity index (χ3v) is 12.9. The van der Waals surface area contributed by atoms with Crippen LogP contribution in [0.1, 0.15) is 58.6 Å². The summed E-state index contributed by atoms with van der Waals surface area (Å²) in [5.41, 5.74) is 1.78. The third kappa shape index (κ3) is 7.37. The van der Waals surface area contributed by atoms with E-state index in [9.17, 15) is 9.18 Å². The summed E-state index contributed by atoms with van der Waals surface area (Å²) in [6, 6.07) is 9.75. The number of halogens is 2. The van der Waals surface area contributed by atoms with Gasteiger partial charge in [0.25, 0.3) is 5.56 Å². The van der Waals surface area contributed by atoms with Gasteiger partial charge in [0.2, 0.25) is 5.95 Å². The second kappa shape index (κ2) is 12.5. The topological polar surface area (TPSA) is 78.3 Å². The first-order valence-corrected chi connectivity index (χ1v) is 17.2. The quantitative estimate of drug-likeness (QED) is 0.270. The average Bonchev–Trinajstić information content (AvgIpc) is 2.89. The summed E-state index contributed by atoms with van der Waals surface area (Å²) in [5.74, 6) is 0.0112. The van der Waals surface area contributed by atoms with E-state index in [1.807, 2.05) is 13.0 Å². The Morgan fingerprint density at radius 2 is 1.93 bits per heavy atom. The van der Waals surface area contributed by atoms with Gasteiger partial charge in [-0.15, -0.1) is 0 Å². The van der Waals surface area contributed by atoms with Gasteiger partial charge in [-0.3, -0.25) is 4.79 Å². The van der Waals surface area contributed by atoms with Crippen LogP contribution in [0.4, 0.5) is 10.3 Å². The zero-order valence-corrected chi connectivity index (χ0v) is 26.0. The fourth-order valence-corrected chi connectivity index (χ4v) is 6.27. The van der Waals surface area contributed by atoms with Gasteiger partial charge in [0.15, 0.2) is 8.32 Å². The van der Waals surface area contributed by atoms with E-state index in [4.69, 9.17) is 20.8 Å². The molecule has 4 rings (SSSR count). The lowest BCUT2D eigenvalue weighted by molar-refractivity contribution is 0.0903. The molecule has 1 aliphatic rings. The molecule has 3 aromatic rings. The van der Waals surface area contributed by atoms with E-state index < -0.39 is 20.2 Å². The van der Waals surface area contributed by atoms with Crippen molar-refractivity contribution in [2.24, 2.45) is 0 Å². The molecule has 2 unspecified atom stereocenters. The van der Waals surface area contributed by atoms with E-state index in [2.05, 4.69) is 49.1 Å². The van der Waals surface area contributed by atoms with Crippen molar-refractivity contribution in [2.45, 2.75) is 83.3 Å². The Bertz CT molecular complexity index is 1370. The maximum Gasteiger partial charge on any atom is 0.251 e. The highest BCUT2D eigenvalue weighted by Crippen LogP contribution is 2.38. The minimum Gasteiger partial charge on any atom is -0.414 e. The molecule has 216 valence electrons. The summed E-state index contributed by atoms with van der Waals surface area (Å²) in [5, 5.41) is 3.46. The molecule has 10 heteroatoms. The first-order chi connectivity index (χ1) is 18.8. The SMILES string of the molecule is CC(CC(c1ccc(Cl)c(F)c1)n1ccc(-c2ccnc(NC3CCOCC3)n2)cc1=O)O[Si](C)(C)C(C)(C)C. The Morgan fingerprint density at radius 1 is 1.20 bits per heavy atom. The van der Waals surface area contributed by atoms with Crippen LogP contribution in [0.5, 0.6) is 0 Å². The number of anilines is 1. The molecule has 7 nitrogen and oxygen atoms in total. The van der Waals surface area contributed by atoms with Crippen LogP contribution in [-0.4, -0.2) is 48.2 Å². The number of benzene rings is 1. The van der Waals surface area contributed by atoms with Crippen molar-refractivity contribution >= 4 is 25.9 Å². The Kier molecular flexibility index (Phi) is 9.50. The van der Waals surface area contributed by atoms with Crippen LogP contribution in [-0.2, 0) is 9.16 Å². The van der Waals surface area contributed by atoms with Gasteiger partial charge in [0.05, 0.1) is 16.8 Å². The van der Waals surface area contributed by atoms with Crippen molar-refractivity contribution in [2.75, 3.05) is 18.5 Å². The van der Waals surface area contributed by atoms with Gasteiger partial charge in [0, 0.05) is 49.4 Å². The molecule has 1 aliphatic heterocycles. The number of pyridine rings is 1. The number of nitrogens with zero attached hydrogens (tertiary/aromatic N) is 3. The first-order valence-electron chi connectivity index (χ1n) is 13.9. The Labute approximate surface area is 242 Å². The number of ether oxygens (including phenoxy) is 1. The van der Waals surface area contributed by atoms with Gasteiger partial charge in [-0.25, -0.2) is 14.4 Å². The lowest BCUT2D eigenvalue weighted by Gasteiger charge is -2.39. The largest absolute Gasteiger partial charge is 0.414 e. The molecule has 0 amide bonds. The predicted octanol–water partition coefficient (Wildman–Crippen LogP) is 7.08. The van der Waals surface area contributed by atoms with Crippen LogP contribution in [0.15, 0.2) is 53.6 Å². The third-order valence-electron chi connectivity index (χ3n) is 7.98. The average molecular weight is 587 g/mol. The maximum atomic E-state index is 14.5. The monoisotopic (exact) mass is 586 g/mol. The van der Waals surface area contributed by atoms with Crippen molar-refractivity contribution in [1.82, 2.24) is 14.5 Å². The first kappa shape index (κ1) is 30.4. The Hall–Kier alpha value is -2.59. The fourth-order valence-electron chi connectivity index (χ4n) is 4.69. The van der Waals surface area contributed by atoms with Crippen molar-refractivity contribution in [1.29, 1.82) is 0 Å². The standard InChI is InChI=1S/C30H40ClFN4O3Si/c1-20(39-40(5,6)30(2,3)4)17-27(22-7-8-24(31)25(32)18-22)36-14-10-21(19-28(36)37)26-9-13-33-29(35-26)34-23-11-15-38-16-12-23/h7-10,13-14,18-20,23,27H,11-12,15-17H2,1-6H3,(H,33,34,35). The Morgan fingerprint density at radius 3 is 2.58 bits per heavy atom. The summed E-state index contributed by atoms with van der Waals surface area (Å²) in [6.07, 6.45) is 5.58. The lowest BCUT2D eigenvalue weighted by atomic mass is 10.00. The Balaban J connectivity index is 1.63. The van der Waals surface area contributed by atoms with Gasteiger partial charge in [-0.05, 0) is 74.1 Å². The van der Waals surface area contributed by atoms with Crippen LogP contribution in [0.25, 0.3) is 11.3 Å². The van der Waals surface area contributed by atoms with Crippen molar-refractivity contribution in [3.05, 3.63) is 75.5 Å². The van der Waals surface area contributed by atoms with Gasteiger partial charge >= 0.3 is 0 Å². The van der Waals surface area contributed by atoms with Crippen molar-refractivity contribution < 1.29 is 13.6 Å². The summed E-state index contributed by atoms with van der Waals surface area (Å²) < 4.78 is 28.2. The molecule has 0 saturated carbocycles. The minimum atomic E-state index is -2.05. The zero-order valence-electron chi connectivity index (χ0n) is 24.2. The summed E-state index contributed by atoms with van der Waals surface area (Å²) in [4.78, 5) is 22.6. The van der Waals surface area contributed by atoms with Crippen LogP contribution in [0.2, 0.25) is 23.2 Å². The number of nitrogens with one attached hydrogen (secondary N) is 1. The molecule has 2 atom stereocenters. The smallest absolute Gasteiger partial charge is 0.251 e. The summed E-state index contributed by atoms with van der Waals surface area (Å²) in [6.45, 7) is 14.4. The molecule has 0 bridgehead atoms. The molecular formula is C30H40ClFN4O3Si. The van der Waals surface area contributed by atoms with Crippen LogP contribution >= 0.6 is 11.6 Å². The normalized spacial score (nSPS) is 16.5. The van der Waals surface area contributed by atoms with Crippen molar-refractivity contribution in [3.63, 3.8) is 0 Å². The van der Waals surface area contributed by atoms with E-state index >= 15 is 0 Å². The summed E-state index contributed by atoms with van der Waals surface area (Å²) in [7, 11) is -2.05. The number of hydrogen-bond acceptors (Lipinski definition) is 6. The molecule has 0 spiro atoms. The second-order valence-corrected chi connectivity index (χ2v) is 17.2. The highest BCUT2D eigenvalue weighted by atomic mass is 35.5. The van der Waals surface area contributed by atoms with Gasteiger partial charge in [0.1, 0.15) is 5.82 Å². The van der Waals surface area contributed by atoms with E-state index in [0.717, 1.165) is 12.8 Å². The molecule has 0 aliphatic carbocycles. The van der Waals surface area contributed by atoms with Gasteiger partial charge in [-0.1, -0.05) is 38.4 Å². The molecule has 1 aromatic carbocycles. The molecule has 0 radical (unpaired) electrons. The highest BCUT2D eigenvalue weighted by molar-refractivity contribution is 6.74. The van der Waals surface area contributed by atoms with Crippen LogP contribution < -0.4 is 10.9 Å².